The summed E-state index contributed by atoms with van der Waals surface area (Å²) in [6.45, 7) is 5.31. The van der Waals surface area contributed by atoms with Crippen LogP contribution in [-0.2, 0) is 17.3 Å². The Bertz CT molecular complexity index is 1390. The summed E-state index contributed by atoms with van der Waals surface area (Å²) in [5.74, 6) is -1.51. The number of nitrogens with one attached hydrogen (secondary N) is 1. The lowest BCUT2D eigenvalue weighted by atomic mass is 9.87. The van der Waals surface area contributed by atoms with Crippen molar-refractivity contribution in [2.45, 2.75) is 38.3 Å². The molecule has 1 amide bonds. The Morgan fingerprint density at radius 3 is 2.60 bits per heavy atom. The molecule has 1 aliphatic heterocycles. The molecule has 1 N–H and O–H groups in total. The second-order valence-corrected chi connectivity index (χ2v) is 10.3. The van der Waals surface area contributed by atoms with Crippen molar-refractivity contribution in [2.75, 3.05) is 18.4 Å². The molecule has 7 nitrogen and oxygen atoms in total. The zero-order valence-electron chi connectivity index (χ0n) is 19.6. The Kier molecular flexibility index (Phi) is 6.44. The van der Waals surface area contributed by atoms with Crippen LogP contribution in [0.3, 0.4) is 0 Å². The number of benzene rings is 2. The van der Waals surface area contributed by atoms with Gasteiger partial charge in [0.2, 0.25) is 0 Å². The molecule has 2 heterocycles. The van der Waals surface area contributed by atoms with E-state index in [1.807, 2.05) is 0 Å². The van der Waals surface area contributed by atoms with Crippen molar-refractivity contribution in [3.63, 3.8) is 0 Å². The van der Waals surface area contributed by atoms with E-state index in [1.165, 1.54) is 42.5 Å². The standard InChI is InChI=1S/C24H24Cl2F2N4O3/c1-23(2,3)35-22(34)32-10-9-24(11-32,18-14(27)6-5-13(25)19(18)26)30-16-8-7-15-17(20(16)28)21(33)31(4)12-29-15/h5-8,12,30H,9-11H2,1-4H3/t24-/m0/s1. The van der Waals surface area contributed by atoms with E-state index in [9.17, 15) is 9.59 Å². The number of rotatable bonds is 3. The molecule has 186 valence electrons. The van der Waals surface area contributed by atoms with Gasteiger partial charge in [-0.1, -0.05) is 23.2 Å². The van der Waals surface area contributed by atoms with Crippen molar-refractivity contribution in [1.82, 2.24) is 14.5 Å². The van der Waals surface area contributed by atoms with Crippen LogP contribution in [0.4, 0.5) is 19.3 Å². The van der Waals surface area contributed by atoms with E-state index >= 15 is 8.78 Å². The third-order valence-corrected chi connectivity index (χ3v) is 6.65. The number of aromatic nitrogens is 2. The number of fused-ring (bicyclic) bond motifs is 1. The van der Waals surface area contributed by atoms with E-state index in [2.05, 4.69) is 10.3 Å². The lowest BCUT2D eigenvalue weighted by Crippen LogP contribution is -2.42. The van der Waals surface area contributed by atoms with Gasteiger partial charge in [-0.25, -0.2) is 18.6 Å². The van der Waals surface area contributed by atoms with Gasteiger partial charge in [0.25, 0.3) is 5.56 Å². The number of hydrogen-bond donors (Lipinski definition) is 1. The minimum atomic E-state index is -1.36. The van der Waals surface area contributed by atoms with Gasteiger partial charge in [0.1, 0.15) is 16.8 Å². The van der Waals surface area contributed by atoms with Crippen LogP contribution in [0.15, 0.2) is 35.4 Å². The lowest BCUT2D eigenvalue weighted by Gasteiger charge is -2.34. The fraction of sp³-hybridized carbons (Fsp3) is 0.375. The predicted molar refractivity (Wildman–Crippen MR) is 131 cm³/mol. The van der Waals surface area contributed by atoms with Crippen LogP contribution < -0.4 is 10.9 Å². The average Bonchev–Trinajstić information content (AvgIpc) is 3.19. The maximum absolute atomic E-state index is 15.6. The van der Waals surface area contributed by atoms with Gasteiger partial charge in [-0.05, 0) is 51.5 Å². The van der Waals surface area contributed by atoms with Gasteiger partial charge in [-0.2, -0.15) is 0 Å². The van der Waals surface area contributed by atoms with Gasteiger partial charge in [0, 0.05) is 19.2 Å². The highest BCUT2D eigenvalue weighted by Crippen LogP contribution is 2.43. The van der Waals surface area contributed by atoms with E-state index in [0.29, 0.717) is 0 Å². The second kappa shape index (κ2) is 8.95. The molecule has 1 atom stereocenters. The number of carbonyl (C=O) groups excluding carboxylic acids is 1. The maximum Gasteiger partial charge on any atom is 0.410 e. The molecule has 1 saturated heterocycles. The molecule has 4 rings (SSSR count). The summed E-state index contributed by atoms with van der Waals surface area (Å²) < 4.78 is 37.5. The molecule has 0 spiro atoms. The SMILES string of the molecule is Cn1cnc2ccc(N[C@@]3(c4c(F)ccc(Cl)c4Cl)CCN(C(=O)OC(C)(C)C)C3)c(F)c2c1=O. The third kappa shape index (κ3) is 4.67. The molecule has 0 aliphatic carbocycles. The Labute approximate surface area is 210 Å². The van der Waals surface area contributed by atoms with Crippen molar-refractivity contribution in [3.8, 4) is 0 Å². The Morgan fingerprint density at radius 2 is 1.91 bits per heavy atom. The van der Waals surface area contributed by atoms with Crippen molar-refractivity contribution in [2.24, 2.45) is 7.05 Å². The molecule has 2 aromatic carbocycles. The molecule has 0 saturated carbocycles. The lowest BCUT2D eigenvalue weighted by molar-refractivity contribution is 0.0286. The molecule has 11 heteroatoms. The van der Waals surface area contributed by atoms with Gasteiger partial charge < -0.3 is 19.5 Å². The molecule has 1 aliphatic rings. The highest BCUT2D eigenvalue weighted by atomic mass is 35.5. The number of nitrogens with zero attached hydrogens (tertiary/aromatic N) is 3. The highest BCUT2D eigenvalue weighted by molar-refractivity contribution is 6.42. The quantitative estimate of drug-likeness (QED) is 0.460. The minimum Gasteiger partial charge on any atom is -0.444 e. The maximum atomic E-state index is 15.6. The van der Waals surface area contributed by atoms with Crippen LogP contribution in [0.25, 0.3) is 10.9 Å². The summed E-state index contributed by atoms with van der Waals surface area (Å²) in [5, 5.41) is 2.89. The largest absolute Gasteiger partial charge is 0.444 e. The zero-order chi connectivity index (χ0) is 25.7. The first kappa shape index (κ1) is 25.2. The normalized spacial score (nSPS) is 18.2. The Balaban J connectivity index is 1.84. The van der Waals surface area contributed by atoms with Crippen LogP contribution in [0.1, 0.15) is 32.8 Å². The predicted octanol–water partition coefficient (Wildman–Crippen LogP) is 5.47. The first-order valence-corrected chi connectivity index (χ1v) is 11.6. The Morgan fingerprint density at radius 1 is 1.20 bits per heavy atom. The fourth-order valence-corrected chi connectivity index (χ4v) is 4.73. The number of likely N-dealkylation sites (tertiary alicyclic amines) is 1. The number of anilines is 1. The number of hydrogen-bond acceptors (Lipinski definition) is 5. The number of carbonyl (C=O) groups is 1. The van der Waals surface area contributed by atoms with Crippen molar-refractivity contribution in [1.29, 1.82) is 0 Å². The summed E-state index contributed by atoms with van der Waals surface area (Å²) >= 11 is 12.6. The van der Waals surface area contributed by atoms with Gasteiger partial charge in [-0.3, -0.25) is 4.79 Å². The smallest absolute Gasteiger partial charge is 0.410 e. The van der Waals surface area contributed by atoms with E-state index < -0.39 is 34.4 Å². The molecule has 1 fully saturated rings. The van der Waals surface area contributed by atoms with E-state index in [1.54, 1.807) is 20.8 Å². The monoisotopic (exact) mass is 524 g/mol. The molecule has 0 bridgehead atoms. The van der Waals surface area contributed by atoms with Crippen LogP contribution in [0.2, 0.25) is 10.0 Å². The van der Waals surface area contributed by atoms with Crippen molar-refractivity contribution >= 4 is 45.9 Å². The van der Waals surface area contributed by atoms with Crippen LogP contribution >= 0.6 is 23.2 Å². The van der Waals surface area contributed by atoms with Gasteiger partial charge >= 0.3 is 6.09 Å². The van der Waals surface area contributed by atoms with E-state index in [0.717, 1.165) is 4.57 Å². The minimum absolute atomic E-state index is 0.00342. The van der Waals surface area contributed by atoms with Gasteiger partial charge in [0.15, 0.2) is 5.82 Å². The first-order valence-electron chi connectivity index (χ1n) is 10.9. The van der Waals surface area contributed by atoms with Crippen molar-refractivity contribution in [3.05, 3.63) is 68.2 Å². The van der Waals surface area contributed by atoms with Crippen LogP contribution in [-0.4, -0.2) is 39.2 Å². The molecular formula is C24H24Cl2F2N4O3. The molecular weight excluding hydrogens is 501 g/mol. The molecule has 3 aromatic rings. The molecule has 0 radical (unpaired) electrons. The van der Waals surface area contributed by atoms with Gasteiger partial charge in [-0.15, -0.1) is 0 Å². The highest BCUT2D eigenvalue weighted by Gasteiger charge is 2.46. The van der Waals surface area contributed by atoms with Crippen LogP contribution in [0, 0.1) is 11.6 Å². The van der Waals surface area contributed by atoms with E-state index in [-0.39, 0.29) is 51.7 Å². The Hall–Kier alpha value is -2.91. The summed E-state index contributed by atoms with van der Waals surface area (Å²) in [6.07, 6.45) is 0.873. The fourth-order valence-electron chi connectivity index (χ4n) is 4.24. The number of aryl methyl sites for hydroxylation is 1. The molecule has 1 aromatic heterocycles. The summed E-state index contributed by atoms with van der Waals surface area (Å²) in [7, 11) is 1.46. The number of ether oxygens (including phenoxy) is 1. The zero-order valence-corrected chi connectivity index (χ0v) is 21.1. The second-order valence-electron chi connectivity index (χ2n) is 9.56. The van der Waals surface area contributed by atoms with Crippen molar-refractivity contribution < 1.29 is 18.3 Å². The average molecular weight is 525 g/mol. The molecule has 35 heavy (non-hydrogen) atoms. The summed E-state index contributed by atoms with van der Waals surface area (Å²) in [4.78, 5) is 30.9. The summed E-state index contributed by atoms with van der Waals surface area (Å²) in [5.41, 5.74) is -2.56. The van der Waals surface area contributed by atoms with Gasteiger partial charge in [0.05, 0.1) is 39.7 Å². The molecule has 0 unspecified atom stereocenters. The number of amides is 1. The topological polar surface area (TPSA) is 76.5 Å². The third-order valence-electron chi connectivity index (χ3n) is 5.84. The van der Waals surface area contributed by atoms with E-state index in [4.69, 9.17) is 27.9 Å². The summed E-state index contributed by atoms with van der Waals surface area (Å²) in [6, 6.07) is 5.40. The first-order chi connectivity index (χ1) is 16.3. The number of halogens is 4. The van der Waals surface area contributed by atoms with Crippen LogP contribution in [0.5, 0.6) is 0 Å².